The molecule has 0 radical (unpaired) electrons. The summed E-state index contributed by atoms with van der Waals surface area (Å²) in [7, 11) is 0. The lowest BCUT2D eigenvalue weighted by molar-refractivity contribution is -0.151. The molecule has 2 amide bonds. The third kappa shape index (κ3) is 3.25. The molecule has 0 aromatic heterocycles. The lowest BCUT2D eigenvalue weighted by Gasteiger charge is -2.37. The summed E-state index contributed by atoms with van der Waals surface area (Å²) < 4.78 is 5.24. The summed E-state index contributed by atoms with van der Waals surface area (Å²) in [5, 5.41) is 0. The number of amides is 2. The van der Waals surface area contributed by atoms with E-state index in [1.807, 2.05) is 0 Å². The van der Waals surface area contributed by atoms with Crippen molar-refractivity contribution in [1.29, 1.82) is 0 Å². The first-order chi connectivity index (χ1) is 9.13. The first-order valence-electron chi connectivity index (χ1n) is 7.01. The molecule has 0 aromatic rings. The molecule has 1 aliphatic carbocycles. The van der Waals surface area contributed by atoms with Crippen LogP contribution in [0.2, 0.25) is 0 Å². The van der Waals surface area contributed by atoms with Crippen LogP contribution < -0.4 is 11.5 Å². The molecule has 2 rings (SSSR count). The summed E-state index contributed by atoms with van der Waals surface area (Å²) in [6.45, 7) is 1.78. The van der Waals surface area contributed by atoms with Gasteiger partial charge >= 0.3 is 0 Å². The van der Waals surface area contributed by atoms with Crippen LogP contribution in [0.3, 0.4) is 0 Å². The molecule has 1 aliphatic heterocycles. The van der Waals surface area contributed by atoms with Crippen molar-refractivity contribution in [3.8, 4) is 0 Å². The molecule has 3 atom stereocenters. The van der Waals surface area contributed by atoms with Crippen molar-refractivity contribution in [3.05, 3.63) is 0 Å². The predicted molar refractivity (Wildman–Crippen MR) is 70.0 cm³/mol. The number of carbonyl (C=O) groups is 2. The van der Waals surface area contributed by atoms with E-state index in [1.165, 1.54) is 0 Å². The third-order valence-corrected chi connectivity index (χ3v) is 4.21. The maximum absolute atomic E-state index is 12.6. The minimum absolute atomic E-state index is 0.0118. The molecule has 108 valence electrons. The molecule has 0 spiro atoms. The molecule has 6 heteroatoms. The van der Waals surface area contributed by atoms with E-state index in [4.69, 9.17) is 16.2 Å². The molecule has 6 nitrogen and oxygen atoms in total. The average Bonchev–Trinajstić information content (AvgIpc) is 2.46. The van der Waals surface area contributed by atoms with Crippen molar-refractivity contribution in [1.82, 2.24) is 4.90 Å². The minimum Gasteiger partial charge on any atom is -0.377 e. The number of morpholine rings is 1. The Morgan fingerprint density at radius 3 is 2.79 bits per heavy atom. The van der Waals surface area contributed by atoms with Gasteiger partial charge in [0.05, 0.1) is 13.2 Å². The highest BCUT2D eigenvalue weighted by Gasteiger charge is 2.36. The maximum Gasteiger partial charge on any atom is 0.242 e. The zero-order valence-corrected chi connectivity index (χ0v) is 11.2. The molecule has 1 saturated carbocycles. The van der Waals surface area contributed by atoms with Crippen LogP contribution in [0.15, 0.2) is 0 Å². The SMILES string of the molecule is NCC1CCCC(C(=O)N2CCOCC2C(N)=O)C1. The van der Waals surface area contributed by atoms with Crippen LogP contribution in [0.4, 0.5) is 0 Å². The van der Waals surface area contributed by atoms with Crippen molar-refractivity contribution in [2.75, 3.05) is 26.3 Å². The van der Waals surface area contributed by atoms with Crippen LogP contribution >= 0.6 is 0 Å². The van der Waals surface area contributed by atoms with Crippen LogP contribution in [-0.2, 0) is 14.3 Å². The Bertz CT molecular complexity index is 348. The van der Waals surface area contributed by atoms with E-state index in [-0.39, 0.29) is 18.4 Å². The Morgan fingerprint density at radius 2 is 2.11 bits per heavy atom. The summed E-state index contributed by atoms with van der Waals surface area (Å²) in [5.74, 6) is -0.0255. The number of hydrogen-bond acceptors (Lipinski definition) is 4. The maximum atomic E-state index is 12.6. The van der Waals surface area contributed by atoms with Gasteiger partial charge in [-0.3, -0.25) is 9.59 Å². The topological polar surface area (TPSA) is 98.7 Å². The molecule has 1 heterocycles. The summed E-state index contributed by atoms with van der Waals surface area (Å²) >= 11 is 0. The van der Waals surface area contributed by atoms with Crippen molar-refractivity contribution < 1.29 is 14.3 Å². The smallest absolute Gasteiger partial charge is 0.242 e. The first kappa shape index (κ1) is 14.3. The van der Waals surface area contributed by atoms with Gasteiger partial charge in [-0.2, -0.15) is 0 Å². The Labute approximate surface area is 113 Å². The number of carbonyl (C=O) groups excluding carboxylic acids is 2. The van der Waals surface area contributed by atoms with E-state index >= 15 is 0 Å². The number of rotatable bonds is 3. The Hall–Kier alpha value is -1.14. The molecular weight excluding hydrogens is 246 g/mol. The molecule has 0 aromatic carbocycles. The first-order valence-corrected chi connectivity index (χ1v) is 7.01. The van der Waals surface area contributed by atoms with E-state index in [9.17, 15) is 9.59 Å². The summed E-state index contributed by atoms with van der Waals surface area (Å²) in [6, 6.07) is -0.612. The normalized spacial score (nSPS) is 32.1. The van der Waals surface area contributed by atoms with Crippen LogP contribution in [0.5, 0.6) is 0 Å². The largest absolute Gasteiger partial charge is 0.377 e. The van der Waals surface area contributed by atoms with E-state index in [1.54, 1.807) is 4.90 Å². The molecule has 2 aliphatic rings. The fourth-order valence-electron chi connectivity index (χ4n) is 3.07. The Balaban J connectivity index is 2.02. The number of ether oxygens (including phenoxy) is 1. The van der Waals surface area contributed by atoms with E-state index in [0.717, 1.165) is 25.7 Å². The highest BCUT2D eigenvalue weighted by Crippen LogP contribution is 2.30. The van der Waals surface area contributed by atoms with Gasteiger partial charge in [0.25, 0.3) is 0 Å². The highest BCUT2D eigenvalue weighted by atomic mass is 16.5. The quantitative estimate of drug-likeness (QED) is 0.719. The van der Waals surface area contributed by atoms with Crippen LogP contribution in [0.25, 0.3) is 0 Å². The number of nitrogens with zero attached hydrogens (tertiary/aromatic N) is 1. The number of hydrogen-bond donors (Lipinski definition) is 2. The lowest BCUT2D eigenvalue weighted by atomic mass is 9.80. The van der Waals surface area contributed by atoms with Gasteiger partial charge in [0.15, 0.2) is 0 Å². The molecule has 2 fully saturated rings. The van der Waals surface area contributed by atoms with Crippen molar-refractivity contribution in [3.63, 3.8) is 0 Å². The van der Waals surface area contributed by atoms with Gasteiger partial charge < -0.3 is 21.1 Å². The highest BCUT2D eigenvalue weighted by molar-refractivity contribution is 5.88. The third-order valence-electron chi connectivity index (χ3n) is 4.21. The lowest BCUT2D eigenvalue weighted by Crippen LogP contribution is -2.56. The van der Waals surface area contributed by atoms with E-state index < -0.39 is 11.9 Å². The predicted octanol–water partition coefficient (Wildman–Crippen LogP) is -0.536. The number of primary amides is 1. The monoisotopic (exact) mass is 269 g/mol. The van der Waals surface area contributed by atoms with Crippen molar-refractivity contribution >= 4 is 11.8 Å². The van der Waals surface area contributed by atoms with E-state index in [2.05, 4.69) is 0 Å². The zero-order valence-electron chi connectivity index (χ0n) is 11.2. The van der Waals surface area contributed by atoms with Gasteiger partial charge in [-0.25, -0.2) is 0 Å². The molecular formula is C13H23N3O3. The van der Waals surface area contributed by atoms with Crippen molar-refractivity contribution in [2.24, 2.45) is 23.3 Å². The van der Waals surface area contributed by atoms with Gasteiger partial charge in [-0.05, 0) is 31.7 Å². The summed E-state index contributed by atoms with van der Waals surface area (Å²) in [4.78, 5) is 25.6. The van der Waals surface area contributed by atoms with Gasteiger partial charge in [0.2, 0.25) is 11.8 Å². The molecule has 19 heavy (non-hydrogen) atoms. The second-order valence-electron chi connectivity index (χ2n) is 5.49. The Kier molecular flexibility index (Phi) is 4.76. The fourth-order valence-corrected chi connectivity index (χ4v) is 3.07. The van der Waals surface area contributed by atoms with E-state index in [0.29, 0.717) is 25.6 Å². The van der Waals surface area contributed by atoms with Gasteiger partial charge in [-0.15, -0.1) is 0 Å². The molecule has 1 saturated heterocycles. The average molecular weight is 269 g/mol. The van der Waals surface area contributed by atoms with Crippen LogP contribution in [-0.4, -0.2) is 49.1 Å². The van der Waals surface area contributed by atoms with Crippen LogP contribution in [0, 0.1) is 11.8 Å². The van der Waals surface area contributed by atoms with Gasteiger partial charge in [-0.1, -0.05) is 6.42 Å². The standard InChI is InChI=1S/C13H23N3O3/c14-7-9-2-1-3-10(6-9)13(18)16-4-5-19-8-11(16)12(15)17/h9-11H,1-8,14H2,(H2,15,17). The second-order valence-corrected chi connectivity index (χ2v) is 5.49. The molecule has 0 bridgehead atoms. The van der Waals surface area contributed by atoms with Crippen LogP contribution in [0.1, 0.15) is 25.7 Å². The van der Waals surface area contributed by atoms with Crippen molar-refractivity contribution in [2.45, 2.75) is 31.7 Å². The minimum atomic E-state index is -0.612. The van der Waals surface area contributed by atoms with Gasteiger partial charge in [0.1, 0.15) is 6.04 Å². The zero-order chi connectivity index (χ0) is 13.8. The summed E-state index contributed by atoms with van der Waals surface area (Å²) in [6.07, 6.45) is 3.85. The molecule has 3 unspecified atom stereocenters. The molecule has 4 N–H and O–H groups in total. The Morgan fingerprint density at radius 1 is 1.32 bits per heavy atom. The van der Waals surface area contributed by atoms with Gasteiger partial charge in [0, 0.05) is 12.5 Å². The number of nitrogens with two attached hydrogens (primary N) is 2. The fraction of sp³-hybridized carbons (Fsp3) is 0.846. The second kappa shape index (κ2) is 6.34. The summed E-state index contributed by atoms with van der Waals surface area (Å²) in [5.41, 5.74) is 11.0.